The van der Waals surface area contributed by atoms with E-state index in [4.69, 9.17) is 9.84 Å². The minimum Gasteiger partial charge on any atom is -0.493 e. The molecular formula is C18H23NO3S. The summed E-state index contributed by atoms with van der Waals surface area (Å²) in [5.41, 5.74) is 3.01. The number of hydrogen-bond donors (Lipinski definition) is 1. The molecule has 0 bridgehead atoms. The first-order chi connectivity index (χ1) is 10.9. The Hall–Kier alpha value is -1.88. The molecule has 0 atom stereocenters. The summed E-state index contributed by atoms with van der Waals surface area (Å²) >= 11 is 1.37. The Labute approximate surface area is 141 Å². The van der Waals surface area contributed by atoms with E-state index >= 15 is 0 Å². The SMILES string of the molecule is CCOc1ccc(C(C)(C)CC)cc1-c1csc(CC(=O)O)n1. The van der Waals surface area contributed by atoms with E-state index in [1.54, 1.807) is 0 Å². The van der Waals surface area contributed by atoms with Gasteiger partial charge >= 0.3 is 5.97 Å². The van der Waals surface area contributed by atoms with Crippen molar-refractivity contribution in [3.8, 4) is 17.0 Å². The van der Waals surface area contributed by atoms with Crippen LogP contribution in [0.4, 0.5) is 0 Å². The normalized spacial score (nSPS) is 11.5. The van der Waals surface area contributed by atoms with Crippen molar-refractivity contribution in [1.29, 1.82) is 0 Å². The van der Waals surface area contributed by atoms with E-state index < -0.39 is 5.97 Å². The van der Waals surface area contributed by atoms with Gasteiger partial charge in [0, 0.05) is 10.9 Å². The molecule has 0 aliphatic heterocycles. The number of benzene rings is 1. The van der Waals surface area contributed by atoms with Crippen LogP contribution in [-0.2, 0) is 16.6 Å². The molecule has 1 aromatic heterocycles. The fourth-order valence-corrected chi connectivity index (χ4v) is 3.07. The second-order valence-corrected chi connectivity index (χ2v) is 7.02. The van der Waals surface area contributed by atoms with Gasteiger partial charge in [0.15, 0.2) is 0 Å². The van der Waals surface area contributed by atoms with Crippen LogP contribution >= 0.6 is 11.3 Å². The zero-order valence-electron chi connectivity index (χ0n) is 14.0. The van der Waals surface area contributed by atoms with Gasteiger partial charge in [0.05, 0.1) is 18.7 Å². The van der Waals surface area contributed by atoms with Crippen LogP contribution in [0.1, 0.15) is 44.7 Å². The van der Waals surface area contributed by atoms with Crippen LogP contribution < -0.4 is 4.74 Å². The third-order valence-electron chi connectivity index (χ3n) is 4.07. The van der Waals surface area contributed by atoms with Gasteiger partial charge in [0.1, 0.15) is 10.8 Å². The zero-order valence-corrected chi connectivity index (χ0v) is 14.9. The average molecular weight is 333 g/mol. The number of ether oxygens (including phenoxy) is 1. The average Bonchev–Trinajstić information content (AvgIpc) is 2.95. The molecule has 0 aliphatic carbocycles. The minimum atomic E-state index is -0.864. The number of carboxylic acid groups (broad SMARTS) is 1. The Bertz CT molecular complexity index is 691. The number of nitrogens with zero attached hydrogens (tertiary/aromatic N) is 1. The molecule has 0 fully saturated rings. The second kappa shape index (κ2) is 7.13. The molecule has 1 heterocycles. The van der Waals surface area contributed by atoms with E-state index in [1.165, 1.54) is 16.9 Å². The number of carbonyl (C=O) groups is 1. The Kier molecular flexibility index (Phi) is 5.42. The zero-order chi connectivity index (χ0) is 17.0. The van der Waals surface area contributed by atoms with Gasteiger partial charge in [-0.05, 0) is 36.5 Å². The van der Waals surface area contributed by atoms with Crippen molar-refractivity contribution in [1.82, 2.24) is 4.98 Å². The molecule has 4 nitrogen and oxygen atoms in total. The first-order valence-electron chi connectivity index (χ1n) is 7.81. The first-order valence-corrected chi connectivity index (χ1v) is 8.69. The molecule has 0 saturated carbocycles. The molecule has 1 N–H and O–H groups in total. The lowest BCUT2D eigenvalue weighted by Gasteiger charge is -2.24. The molecule has 0 spiro atoms. The van der Waals surface area contributed by atoms with Gasteiger partial charge < -0.3 is 9.84 Å². The second-order valence-electron chi connectivity index (χ2n) is 6.08. The fraction of sp³-hybridized carbons (Fsp3) is 0.444. The highest BCUT2D eigenvalue weighted by atomic mass is 32.1. The third-order valence-corrected chi connectivity index (χ3v) is 4.92. The fourth-order valence-electron chi connectivity index (χ4n) is 2.28. The summed E-state index contributed by atoms with van der Waals surface area (Å²) in [6, 6.07) is 6.21. The van der Waals surface area contributed by atoms with E-state index in [0.29, 0.717) is 11.6 Å². The molecule has 0 saturated heterocycles. The lowest BCUT2D eigenvalue weighted by molar-refractivity contribution is -0.136. The number of rotatable bonds is 7. The van der Waals surface area contributed by atoms with E-state index in [1.807, 2.05) is 18.4 Å². The van der Waals surface area contributed by atoms with Crippen LogP contribution in [0.2, 0.25) is 0 Å². The quantitative estimate of drug-likeness (QED) is 0.809. The topological polar surface area (TPSA) is 59.4 Å². The monoisotopic (exact) mass is 333 g/mol. The summed E-state index contributed by atoms with van der Waals surface area (Å²) in [5.74, 6) is -0.0767. The summed E-state index contributed by atoms with van der Waals surface area (Å²) < 4.78 is 5.73. The van der Waals surface area contributed by atoms with Crippen LogP contribution in [0.25, 0.3) is 11.3 Å². The van der Waals surface area contributed by atoms with E-state index in [9.17, 15) is 4.79 Å². The third kappa shape index (κ3) is 4.10. The van der Waals surface area contributed by atoms with Gasteiger partial charge in [-0.2, -0.15) is 0 Å². The lowest BCUT2D eigenvalue weighted by Crippen LogP contribution is -2.15. The predicted molar refractivity (Wildman–Crippen MR) is 93.4 cm³/mol. The van der Waals surface area contributed by atoms with Crippen LogP contribution in [0, 0.1) is 0 Å². The highest BCUT2D eigenvalue weighted by Crippen LogP contribution is 2.36. The highest BCUT2D eigenvalue weighted by molar-refractivity contribution is 7.10. The Morgan fingerprint density at radius 1 is 1.35 bits per heavy atom. The highest BCUT2D eigenvalue weighted by Gasteiger charge is 2.21. The Balaban J connectivity index is 2.47. The number of aromatic nitrogens is 1. The first kappa shape index (κ1) is 17.5. The van der Waals surface area contributed by atoms with Crippen LogP contribution in [-0.4, -0.2) is 22.7 Å². The van der Waals surface area contributed by atoms with Crippen LogP contribution in [0.15, 0.2) is 23.6 Å². The molecule has 2 aromatic rings. The molecule has 0 unspecified atom stereocenters. The maximum absolute atomic E-state index is 10.9. The molecule has 0 amide bonds. The van der Waals surface area contributed by atoms with Gasteiger partial charge in [0.25, 0.3) is 0 Å². The molecule has 2 rings (SSSR count). The molecular weight excluding hydrogens is 310 g/mol. The number of thiazole rings is 1. The largest absolute Gasteiger partial charge is 0.493 e. The molecule has 5 heteroatoms. The molecule has 23 heavy (non-hydrogen) atoms. The maximum Gasteiger partial charge on any atom is 0.310 e. The summed E-state index contributed by atoms with van der Waals surface area (Å²) in [4.78, 5) is 15.3. The van der Waals surface area contributed by atoms with Crippen molar-refractivity contribution in [3.63, 3.8) is 0 Å². The van der Waals surface area contributed by atoms with Gasteiger partial charge in [-0.25, -0.2) is 4.98 Å². The van der Waals surface area contributed by atoms with Gasteiger partial charge in [-0.1, -0.05) is 26.8 Å². The number of carboxylic acids is 1. The smallest absolute Gasteiger partial charge is 0.310 e. The summed E-state index contributed by atoms with van der Waals surface area (Å²) in [5, 5.41) is 11.4. The van der Waals surface area contributed by atoms with Gasteiger partial charge in [-0.3, -0.25) is 4.79 Å². The molecule has 124 valence electrons. The maximum atomic E-state index is 10.9. The van der Waals surface area contributed by atoms with Crippen LogP contribution in [0.5, 0.6) is 5.75 Å². The molecule has 0 aliphatic rings. The number of hydrogen-bond acceptors (Lipinski definition) is 4. The Morgan fingerprint density at radius 2 is 2.09 bits per heavy atom. The minimum absolute atomic E-state index is 0.0468. The predicted octanol–water partition coefficient (Wildman–Crippen LogP) is 4.52. The van der Waals surface area contributed by atoms with Gasteiger partial charge in [0.2, 0.25) is 0 Å². The van der Waals surface area contributed by atoms with Crippen molar-refractivity contribution in [2.45, 2.75) is 46.0 Å². The summed E-state index contributed by atoms with van der Waals surface area (Å²) in [6.07, 6.45) is 0.983. The van der Waals surface area contributed by atoms with Crippen LogP contribution in [0.3, 0.4) is 0 Å². The summed E-state index contributed by atoms with van der Waals surface area (Å²) in [7, 11) is 0. The van der Waals surface area contributed by atoms with Crippen molar-refractivity contribution in [2.24, 2.45) is 0 Å². The molecule has 1 aromatic carbocycles. The molecule has 0 radical (unpaired) electrons. The standard InChI is InChI=1S/C18H23NO3S/c1-5-18(3,4)12-7-8-15(22-6-2)13(9-12)14-11-23-16(19-14)10-17(20)21/h7-9,11H,5-6,10H2,1-4H3,(H,20,21). The lowest BCUT2D eigenvalue weighted by atomic mass is 9.81. The summed E-state index contributed by atoms with van der Waals surface area (Å²) in [6.45, 7) is 9.12. The van der Waals surface area contributed by atoms with Crippen molar-refractivity contribution in [2.75, 3.05) is 6.61 Å². The van der Waals surface area contributed by atoms with Gasteiger partial charge in [-0.15, -0.1) is 11.3 Å². The van der Waals surface area contributed by atoms with E-state index in [0.717, 1.165) is 23.4 Å². The van der Waals surface area contributed by atoms with Crippen molar-refractivity contribution >= 4 is 17.3 Å². The van der Waals surface area contributed by atoms with Crippen molar-refractivity contribution in [3.05, 3.63) is 34.2 Å². The number of aliphatic carboxylic acids is 1. The van der Waals surface area contributed by atoms with Crippen molar-refractivity contribution < 1.29 is 14.6 Å². The van der Waals surface area contributed by atoms with E-state index in [-0.39, 0.29) is 11.8 Å². The van der Waals surface area contributed by atoms with E-state index in [2.05, 4.69) is 37.9 Å². The Morgan fingerprint density at radius 3 is 2.70 bits per heavy atom.